The topological polar surface area (TPSA) is 48.4 Å². The number of aryl methyl sites for hydroxylation is 1. The summed E-state index contributed by atoms with van der Waals surface area (Å²) in [5.74, 6) is -0.327. The minimum absolute atomic E-state index is 0.327. The first-order valence-corrected chi connectivity index (χ1v) is 6.24. The predicted octanol–water partition coefficient (Wildman–Crippen LogP) is 2.74. The van der Waals surface area contributed by atoms with Crippen molar-refractivity contribution in [2.45, 2.75) is 13.3 Å². The summed E-state index contributed by atoms with van der Waals surface area (Å²) in [6, 6.07) is 7.75. The van der Waals surface area contributed by atoms with Gasteiger partial charge in [0.05, 0.1) is 17.7 Å². The summed E-state index contributed by atoms with van der Waals surface area (Å²) in [5, 5.41) is 0.980. The van der Waals surface area contributed by atoms with E-state index in [1.54, 1.807) is 13.3 Å². The normalized spacial score (nSPS) is 10.6. The Hall–Kier alpha value is -1.94. The molecular weight excluding hydrogens is 242 g/mol. The number of carbonyl (C=O) groups is 1. The zero-order chi connectivity index (χ0) is 13.7. The fourth-order valence-electron chi connectivity index (χ4n) is 1.93. The highest BCUT2D eigenvalue weighted by molar-refractivity contribution is 5.96. The lowest BCUT2D eigenvalue weighted by atomic mass is 10.1. The molecule has 0 unspecified atom stereocenters. The van der Waals surface area contributed by atoms with E-state index in [2.05, 4.69) is 4.98 Å². The maximum absolute atomic E-state index is 12.0. The summed E-state index contributed by atoms with van der Waals surface area (Å²) in [6.45, 7) is 2.86. The molecule has 0 saturated carbocycles. The van der Waals surface area contributed by atoms with Gasteiger partial charge in [0.15, 0.2) is 0 Å². The smallest absolute Gasteiger partial charge is 0.339 e. The van der Waals surface area contributed by atoms with Gasteiger partial charge in [-0.1, -0.05) is 18.2 Å². The summed E-state index contributed by atoms with van der Waals surface area (Å²) >= 11 is 0. The molecule has 0 fully saturated rings. The number of ether oxygens (including phenoxy) is 2. The van der Waals surface area contributed by atoms with E-state index >= 15 is 0 Å². The quantitative estimate of drug-likeness (QED) is 0.612. The third-order valence-electron chi connectivity index (χ3n) is 2.99. The standard InChI is InChI=1S/C15H17NO3/c1-11-12-6-3-4-7-14(12)16-10-13(11)15(17)19-9-5-8-18-2/h3-4,6-7,10H,5,8-9H2,1-2H3. The lowest BCUT2D eigenvalue weighted by Crippen LogP contribution is -2.10. The number of rotatable bonds is 5. The fraction of sp³-hybridized carbons (Fsp3) is 0.333. The van der Waals surface area contributed by atoms with Crippen LogP contribution in [0.15, 0.2) is 30.5 Å². The van der Waals surface area contributed by atoms with Crippen LogP contribution in [0.25, 0.3) is 10.9 Å². The number of pyridine rings is 1. The Bertz CT molecular complexity index is 581. The van der Waals surface area contributed by atoms with Gasteiger partial charge in [-0.05, 0) is 18.6 Å². The molecule has 0 spiro atoms. The number of carbonyl (C=O) groups excluding carboxylic acids is 1. The van der Waals surface area contributed by atoms with Gasteiger partial charge in [0.2, 0.25) is 0 Å². The highest BCUT2D eigenvalue weighted by atomic mass is 16.5. The molecule has 0 atom stereocenters. The zero-order valence-electron chi connectivity index (χ0n) is 11.2. The number of hydrogen-bond acceptors (Lipinski definition) is 4. The summed E-state index contributed by atoms with van der Waals surface area (Å²) < 4.78 is 10.1. The van der Waals surface area contributed by atoms with Crippen molar-refractivity contribution >= 4 is 16.9 Å². The molecule has 1 aromatic heterocycles. The third-order valence-corrected chi connectivity index (χ3v) is 2.99. The number of benzene rings is 1. The zero-order valence-corrected chi connectivity index (χ0v) is 11.2. The predicted molar refractivity (Wildman–Crippen MR) is 73.3 cm³/mol. The van der Waals surface area contributed by atoms with Gasteiger partial charge in [-0.3, -0.25) is 4.98 Å². The van der Waals surface area contributed by atoms with Crippen LogP contribution in [0, 0.1) is 6.92 Å². The molecule has 4 heteroatoms. The van der Waals surface area contributed by atoms with E-state index < -0.39 is 0 Å². The second-order valence-electron chi connectivity index (χ2n) is 4.30. The van der Waals surface area contributed by atoms with Crippen molar-refractivity contribution in [1.29, 1.82) is 0 Å². The largest absolute Gasteiger partial charge is 0.462 e. The van der Waals surface area contributed by atoms with E-state index in [0.29, 0.717) is 25.2 Å². The van der Waals surface area contributed by atoms with Gasteiger partial charge in [0, 0.05) is 31.7 Å². The van der Waals surface area contributed by atoms with E-state index in [9.17, 15) is 4.79 Å². The van der Waals surface area contributed by atoms with Crippen LogP contribution in [-0.4, -0.2) is 31.3 Å². The highest BCUT2D eigenvalue weighted by Crippen LogP contribution is 2.19. The van der Waals surface area contributed by atoms with Crippen LogP contribution in [0.2, 0.25) is 0 Å². The minimum atomic E-state index is -0.327. The lowest BCUT2D eigenvalue weighted by Gasteiger charge is -2.08. The Morgan fingerprint density at radius 1 is 1.26 bits per heavy atom. The number of fused-ring (bicyclic) bond motifs is 1. The summed E-state index contributed by atoms with van der Waals surface area (Å²) in [4.78, 5) is 16.3. The van der Waals surface area contributed by atoms with Crippen LogP contribution >= 0.6 is 0 Å². The molecule has 0 aliphatic rings. The number of aromatic nitrogens is 1. The molecule has 0 saturated heterocycles. The molecule has 2 rings (SSSR count). The van der Waals surface area contributed by atoms with Crippen LogP contribution in [0.4, 0.5) is 0 Å². The van der Waals surface area contributed by atoms with Crippen molar-refractivity contribution in [3.05, 3.63) is 41.6 Å². The van der Waals surface area contributed by atoms with Crippen LogP contribution < -0.4 is 0 Å². The maximum Gasteiger partial charge on any atom is 0.339 e. The van der Waals surface area contributed by atoms with E-state index in [-0.39, 0.29) is 5.97 Å². The lowest BCUT2D eigenvalue weighted by molar-refractivity contribution is 0.0467. The monoisotopic (exact) mass is 259 g/mol. The van der Waals surface area contributed by atoms with Crippen LogP contribution in [0.1, 0.15) is 22.3 Å². The van der Waals surface area contributed by atoms with Crippen molar-refractivity contribution < 1.29 is 14.3 Å². The molecule has 0 bridgehead atoms. The average molecular weight is 259 g/mol. The van der Waals surface area contributed by atoms with Gasteiger partial charge in [-0.25, -0.2) is 4.79 Å². The Morgan fingerprint density at radius 2 is 2.05 bits per heavy atom. The molecule has 1 aromatic carbocycles. The van der Waals surface area contributed by atoms with Gasteiger partial charge in [0.1, 0.15) is 0 Å². The Kier molecular flexibility index (Phi) is 4.47. The molecule has 4 nitrogen and oxygen atoms in total. The molecule has 100 valence electrons. The second kappa shape index (κ2) is 6.29. The van der Waals surface area contributed by atoms with E-state index in [4.69, 9.17) is 9.47 Å². The molecule has 0 amide bonds. The van der Waals surface area contributed by atoms with Gasteiger partial charge < -0.3 is 9.47 Å². The summed E-state index contributed by atoms with van der Waals surface area (Å²) in [5.41, 5.74) is 2.31. The summed E-state index contributed by atoms with van der Waals surface area (Å²) in [7, 11) is 1.62. The van der Waals surface area contributed by atoms with E-state index in [0.717, 1.165) is 16.5 Å². The number of para-hydroxylation sites is 1. The van der Waals surface area contributed by atoms with Crippen molar-refractivity contribution in [1.82, 2.24) is 4.98 Å². The highest BCUT2D eigenvalue weighted by Gasteiger charge is 2.13. The fourth-order valence-corrected chi connectivity index (χ4v) is 1.93. The summed E-state index contributed by atoms with van der Waals surface area (Å²) in [6.07, 6.45) is 2.28. The number of hydrogen-bond donors (Lipinski definition) is 0. The Morgan fingerprint density at radius 3 is 2.84 bits per heavy atom. The van der Waals surface area contributed by atoms with Gasteiger partial charge >= 0.3 is 5.97 Å². The average Bonchev–Trinajstić information content (AvgIpc) is 2.44. The number of methoxy groups -OCH3 is 1. The molecule has 19 heavy (non-hydrogen) atoms. The van der Waals surface area contributed by atoms with Crippen molar-refractivity contribution in [2.75, 3.05) is 20.3 Å². The maximum atomic E-state index is 12.0. The first kappa shape index (κ1) is 13.5. The van der Waals surface area contributed by atoms with Gasteiger partial charge in [0.25, 0.3) is 0 Å². The van der Waals surface area contributed by atoms with Crippen molar-refractivity contribution in [3.63, 3.8) is 0 Å². The molecule has 0 N–H and O–H groups in total. The minimum Gasteiger partial charge on any atom is -0.462 e. The molecule has 1 heterocycles. The van der Waals surface area contributed by atoms with Gasteiger partial charge in [-0.2, -0.15) is 0 Å². The van der Waals surface area contributed by atoms with E-state index in [1.165, 1.54) is 0 Å². The van der Waals surface area contributed by atoms with E-state index in [1.807, 2.05) is 31.2 Å². The second-order valence-corrected chi connectivity index (χ2v) is 4.30. The molecule has 2 aromatic rings. The molecule has 0 radical (unpaired) electrons. The van der Waals surface area contributed by atoms with Crippen LogP contribution in [-0.2, 0) is 9.47 Å². The molecular formula is C15H17NO3. The van der Waals surface area contributed by atoms with Crippen molar-refractivity contribution in [2.24, 2.45) is 0 Å². The first-order chi connectivity index (χ1) is 9.24. The Labute approximate surface area is 112 Å². The van der Waals surface area contributed by atoms with Crippen molar-refractivity contribution in [3.8, 4) is 0 Å². The van der Waals surface area contributed by atoms with Crippen LogP contribution in [0.5, 0.6) is 0 Å². The Balaban J connectivity index is 2.16. The molecule has 0 aliphatic heterocycles. The third kappa shape index (κ3) is 3.09. The van der Waals surface area contributed by atoms with Crippen LogP contribution in [0.3, 0.4) is 0 Å². The van der Waals surface area contributed by atoms with Gasteiger partial charge in [-0.15, -0.1) is 0 Å². The molecule has 0 aliphatic carbocycles. The first-order valence-electron chi connectivity index (χ1n) is 6.24. The number of esters is 1. The number of nitrogens with zero attached hydrogens (tertiary/aromatic N) is 1. The SMILES string of the molecule is COCCCOC(=O)c1cnc2ccccc2c1C.